The van der Waals surface area contributed by atoms with Crippen LogP contribution in [0.4, 0.5) is 0 Å². The van der Waals surface area contributed by atoms with Crippen molar-refractivity contribution < 1.29 is 4.79 Å². The molecule has 0 radical (unpaired) electrons. The number of likely N-dealkylation sites (tertiary alicyclic amines) is 1. The fraction of sp³-hybridized carbons (Fsp3) is 0.562. The molecule has 1 aliphatic heterocycles. The third kappa shape index (κ3) is 3.05. The molecule has 0 saturated carbocycles. The second kappa shape index (κ2) is 6.43. The molecule has 0 aromatic carbocycles. The second-order valence-corrected chi connectivity index (χ2v) is 6.52. The molecule has 2 rings (SSSR count). The average molecular weight is 290 g/mol. The smallest absolute Gasteiger partial charge is 0.264 e. The van der Waals surface area contributed by atoms with Crippen LogP contribution in [-0.2, 0) is 0 Å². The van der Waals surface area contributed by atoms with E-state index in [2.05, 4.69) is 25.7 Å². The highest BCUT2D eigenvalue weighted by atomic mass is 32.1. The van der Waals surface area contributed by atoms with Gasteiger partial charge in [-0.05, 0) is 51.7 Å². The molecule has 1 aromatic heterocycles. The van der Waals surface area contributed by atoms with Crippen LogP contribution in [0.1, 0.15) is 53.2 Å². The number of carbonyl (C=O) groups is 1. The molecule has 2 heterocycles. The zero-order chi connectivity index (χ0) is 14.7. The maximum absolute atomic E-state index is 12.7. The van der Waals surface area contributed by atoms with Gasteiger partial charge in [-0.3, -0.25) is 4.79 Å². The van der Waals surface area contributed by atoms with Crippen molar-refractivity contribution in [2.75, 3.05) is 6.54 Å². The normalized spacial score (nSPS) is 22.3. The van der Waals surface area contributed by atoms with Crippen LogP contribution in [0.2, 0.25) is 0 Å². The number of nitrogens with zero attached hydrogens (tertiary/aromatic N) is 1. The van der Waals surface area contributed by atoms with Crippen LogP contribution in [0.15, 0.2) is 6.07 Å². The lowest BCUT2D eigenvalue weighted by Gasteiger charge is -2.38. The first-order chi connectivity index (χ1) is 9.54. The molecule has 0 bridgehead atoms. The number of nitrogens with two attached hydrogens (primary N) is 1. The van der Waals surface area contributed by atoms with Crippen molar-refractivity contribution in [1.29, 1.82) is 0 Å². The molecular formula is C16H22N2OS. The Morgan fingerprint density at radius 1 is 1.45 bits per heavy atom. The third-order valence-electron chi connectivity index (χ3n) is 3.86. The number of hydrogen-bond acceptors (Lipinski definition) is 3. The Hall–Kier alpha value is -1.31. The van der Waals surface area contributed by atoms with Gasteiger partial charge in [-0.2, -0.15) is 0 Å². The molecule has 20 heavy (non-hydrogen) atoms. The molecule has 4 heteroatoms. The molecule has 108 valence electrons. The summed E-state index contributed by atoms with van der Waals surface area (Å²) < 4.78 is 0. The minimum absolute atomic E-state index is 0.151. The van der Waals surface area contributed by atoms with Crippen molar-refractivity contribution >= 4 is 17.2 Å². The van der Waals surface area contributed by atoms with Gasteiger partial charge in [0.2, 0.25) is 0 Å². The quantitative estimate of drug-likeness (QED) is 0.808. The predicted molar refractivity (Wildman–Crippen MR) is 83.9 cm³/mol. The Morgan fingerprint density at radius 2 is 2.10 bits per heavy atom. The van der Waals surface area contributed by atoms with Gasteiger partial charge in [0.1, 0.15) is 0 Å². The van der Waals surface area contributed by atoms with Gasteiger partial charge in [-0.15, -0.1) is 11.3 Å². The Labute approximate surface area is 125 Å². The number of thiophene rings is 1. The van der Waals surface area contributed by atoms with Crippen molar-refractivity contribution in [3.8, 4) is 11.8 Å². The number of carbonyl (C=O) groups excluding carboxylic acids is 1. The number of hydrogen-bond donors (Lipinski definition) is 1. The molecule has 1 aromatic rings. The highest BCUT2D eigenvalue weighted by molar-refractivity contribution is 7.14. The van der Waals surface area contributed by atoms with Crippen molar-refractivity contribution in [3.05, 3.63) is 21.4 Å². The minimum Gasteiger partial charge on any atom is -0.333 e. The van der Waals surface area contributed by atoms with Crippen molar-refractivity contribution in [1.82, 2.24) is 4.90 Å². The van der Waals surface area contributed by atoms with Gasteiger partial charge in [0.15, 0.2) is 0 Å². The summed E-state index contributed by atoms with van der Waals surface area (Å²) in [4.78, 5) is 16.5. The van der Waals surface area contributed by atoms with Crippen LogP contribution < -0.4 is 5.73 Å². The molecular weight excluding hydrogens is 268 g/mol. The predicted octanol–water partition coefficient (Wildman–Crippen LogP) is 2.77. The van der Waals surface area contributed by atoms with Crippen LogP contribution in [-0.4, -0.2) is 29.4 Å². The summed E-state index contributed by atoms with van der Waals surface area (Å²) in [7, 11) is 0. The molecule has 3 nitrogen and oxygen atoms in total. The van der Waals surface area contributed by atoms with Crippen LogP contribution in [0, 0.1) is 18.8 Å². The van der Waals surface area contributed by atoms with Gasteiger partial charge >= 0.3 is 0 Å². The number of aryl methyl sites for hydroxylation is 1. The van der Waals surface area contributed by atoms with Crippen LogP contribution in [0.5, 0.6) is 0 Å². The maximum atomic E-state index is 12.7. The SMILES string of the molecule is Cc1cc(C(=O)N2C(C)CCCC2C)sc1C#CCN. The van der Waals surface area contributed by atoms with E-state index < -0.39 is 0 Å². The molecule has 1 saturated heterocycles. The number of piperidine rings is 1. The Kier molecular flexibility index (Phi) is 4.85. The zero-order valence-electron chi connectivity index (χ0n) is 12.4. The van der Waals surface area contributed by atoms with Crippen LogP contribution >= 0.6 is 11.3 Å². The molecule has 1 amide bonds. The molecule has 2 N–H and O–H groups in total. The largest absolute Gasteiger partial charge is 0.333 e. The number of rotatable bonds is 1. The van der Waals surface area contributed by atoms with Crippen LogP contribution in [0.25, 0.3) is 0 Å². The number of amides is 1. The highest BCUT2D eigenvalue weighted by Crippen LogP contribution is 2.28. The molecule has 1 aliphatic rings. The van der Waals surface area contributed by atoms with E-state index >= 15 is 0 Å². The Balaban J connectivity index is 2.24. The van der Waals surface area contributed by atoms with E-state index in [1.54, 1.807) is 0 Å². The van der Waals surface area contributed by atoms with Gasteiger partial charge in [-0.1, -0.05) is 11.8 Å². The first-order valence-corrected chi connectivity index (χ1v) is 7.98. The zero-order valence-corrected chi connectivity index (χ0v) is 13.2. The highest BCUT2D eigenvalue weighted by Gasteiger charge is 2.30. The Bertz CT molecular complexity index is 543. The Morgan fingerprint density at radius 3 is 2.70 bits per heavy atom. The third-order valence-corrected chi connectivity index (χ3v) is 5.00. The average Bonchev–Trinajstić information content (AvgIpc) is 2.77. The van der Waals surface area contributed by atoms with Crippen molar-refractivity contribution in [3.63, 3.8) is 0 Å². The van der Waals surface area contributed by atoms with Gasteiger partial charge in [-0.25, -0.2) is 0 Å². The minimum atomic E-state index is 0.151. The summed E-state index contributed by atoms with van der Waals surface area (Å²) in [5.74, 6) is 6.06. The van der Waals surface area contributed by atoms with Gasteiger partial charge < -0.3 is 10.6 Å². The fourth-order valence-corrected chi connectivity index (χ4v) is 3.78. The lowest BCUT2D eigenvalue weighted by Crippen LogP contribution is -2.47. The first-order valence-electron chi connectivity index (χ1n) is 7.16. The summed E-state index contributed by atoms with van der Waals surface area (Å²) in [6.45, 7) is 6.63. The van der Waals surface area contributed by atoms with Gasteiger partial charge in [0, 0.05) is 12.1 Å². The second-order valence-electron chi connectivity index (χ2n) is 5.47. The van der Waals surface area contributed by atoms with E-state index in [-0.39, 0.29) is 5.91 Å². The van der Waals surface area contributed by atoms with E-state index in [4.69, 9.17) is 5.73 Å². The molecule has 2 unspecified atom stereocenters. The maximum Gasteiger partial charge on any atom is 0.264 e. The monoisotopic (exact) mass is 290 g/mol. The standard InChI is InChI=1S/C16H22N2OS/c1-11-10-15(20-14(11)8-5-9-17)16(19)18-12(2)6-4-7-13(18)3/h10,12-13H,4,6-7,9,17H2,1-3H3. The van der Waals surface area contributed by atoms with E-state index in [0.29, 0.717) is 18.6 Å². The van der Waals surface area contributed by atoms with Crippen LogP contribution in [0.3, 0.4) is 0 Å². The van der Waals surface area contributed by atoms with Gasteiger partial charge in [0.25, 0.3) is 5.91 Å². The summed E-state index contributed by atoms with van der Waals surface area (Å²) in [5.41, 5.74) is 6.47. The summed E-state index contributed by atoms with van der Waals surface area (Å²) in [5, 5.41) is 0. The van der Waals surface area contributed by atoms with E-state index in [9.17, 15) is 4.79 Å². The molecule has 2 atom stereocenters. The molecule has 0 spiro atoms. The van der Waals surface area contributed by atoms with E-state index in [1.807, 2.05) is 17.9 Å². The van der Waals surface area contributed by atoms with Gasteiger partial charge in [0.05, 0.1) is 16.3 Å². The van der Waals surface area contributed by atoms with E-state index in [1.165, 1.54) is 17.8 Å². The van der Waals surface area contributed by atoms with Crippen molar-refractivity contribution in [2.24, 2.45) is 5.73 Å². The van der Waals surface area contributed by atoms with Crippen molar-refractivity contribution in [2.45, 2.75) is 52.1 Å². The van der Waals surface area contributed by atoms with E-state index in [0.717, 1.165) is 28.2 Å². The summed E-state index contributed by atoms with van der Waals surface area (Å²) >= 11 is 1.48. The fourth-order valence-electron chi connectivity index (χ4n) is 2.79. The first kappa shape index (κ1) is 15.1. The lowest BCUT2D eigenvalue weighted by atomic mass is 9.97. The molecule has 1 fully saturated rings. The molecule has 0 aliphatic carbocycles. The topological polar surface area (TPSA) is 46.3 Å². The summed E-state index contributed by atoms with van der Waals surface area (Å²) in [6.07, 6.45) is 3.41. The summed E-state index contributed by atoms with van der Waals surface area (Å²) in [6, 6.07) is 2.61. The lowest BCUT2D eigenvalue weighted by molar-refractivity contribution is 0.0516.